The Kier molecular flexibility index (Phi) is 9.52. The van der Waals surface area contributed by atoms with Crippen molar-refractivity contribution in [3.8, 4) is 11.5 Å². The minimum Gasteiger partial charge on any atom is -0.508 e. The van der Waals surface area contributed by atoms with Crippen molar-refractivity contribution in [2.24, 2.45) is 0 Å². The number of nitrogens with zero attached hydrogens (tertiary/aromatic N) is 1. The van der Waals surface area contributed by atoms with E-state index in [0.717, 1.165) is 0 Å². The first-order chi connectivity index (χ1) is 17.2. The number of aliphatic hydroxyl groups is 1. The van der Waals surface area contributed by atoms with E-state index in [9.17, 15) is 24.6 Å². The van der Waals surface area contributed by atoms with Crippen LogP contribution in [0.4, 0.5) is 10.5 Å². The lowest BCUT2D eigenvalue weighted by Gasteiger charge is -2.42. The predicted octanol–water partition coefficient (Wildman–Crippen LogP) is 3.59. The number of rotatable bonds is 8. The Morgan fingerprint density at radius 2 is 1.62 bits per heavy atom. The number of phenols is 1. The molecule has 3 amide bonds. The zero-order chi connectivity index (χ0) is 28.0. The summed E-state index contributed by atoms with van der Waals surface area (Å²) >= 11 is 0. The Balaban J connectivity index is 2.51. The highest BCUT2D eigenvalue weighted by Gasteiger charge is 2.42. The minimum atomic E-state index is -1.39. The average molecular weight is 516 g/mol. The monoisotopic (exact) mass is 515 g/mol. The van der Waals surface area contributed by atoms with Crippen molar-refractivity contribution in [3.63, 3.8) is 0 Å². The van der Waals surface area contributed by atoms with Gasteiger partial charge in [0.2, 0.25) is 5.91 Å². The van der Waals surface area contributed by atoms with Crippen LogP contribution in [0.5, 0.6) is 11.5 Å². The highest BCUT2D eigenvalue weighted by atomic mass is 16.6. The first-order valence-electron chi connectivity index (χ1n) is 11.8. The molecule has 0 aliphatic rings. The van der Waals surface area contributed by atoms with Crippen LogP contribution in [0.15, 0.2) is 48.5 Å². The summed E-state index contributed by atoms with van der Waals surface area (Å²) in [7, 11) is 1.53. The van der Waals surface area contributed by atoms with Crippen LogP contribution < -0.4 is 15.4 Å². The van der Waals surface area contributed by atoms with Gasteiger partial charge in [-0.2, -0.15) is 0 Å². The molecule has 2 rings (SSSR count). The predicted molar refractivity (Wildman–Crippen MR) is 139 cm³/mol. The van der Waals surface area contributed by atoms with Crippen LogP contribution in [0.2, 0.25) is 0 Å². The van der Waals surface area contributed by atoms with Gasteiger partial charge in [-0.05, 0) is 83.5 Å². The second-order valence-corrected chi connectivity index (χ2v) is 10.5. The summed E-state index contributed by atoms with van der Waals surface area (Å²) in [5.74, 6) is -0.758. The number of anilines is 1. The maximum Gasteiger partial charge on any atom is 0.408 e. The number of methoxy groups -OCH3 is 1. The van der Waals surface area contributed by atoms with E-state index in [2.05, 4.69) is 10.6 Å². The first-order valence-corrected chi connectivity index (χ1v) is 11.8. The third-order valence-corrected chi connectivity index (χ3v) is 5.18. The fourth-order valence-electron chi connectivity index (χ4n) is 3.65. The second-order valence-electron chi connectivity index (χ2n) is 10.5. The third-order valence-electron chi connectivity index (χ3n) is 5.18. The molecular weight excluding hydrogens is 478 g/mol. The lowest BCUT2D eigenvalue weighted by molar-refractivity contribution is -0.147. The number of carbonyl (C=O) groups excluding carboxylic acids is 3. The maximum atomic E-state index is 13.8. The van der Waals surface area contributed by atoms with Gasteiger partial charge in [0.1, 0.15) is 29.2 Å². The third kappa shape index (κ3) is 8.38. The van der Waals surface area contributed by atoms with E-state index in [1.807, 2.05) is 0 Å². The van der Waals surface area contributed by atoms with E-state index in [4.69, 9.17) is 9.47 Å². The highest BCUT2D eigenvalue weighted by molar-refractivity contribution is 5.99. The molecule has 2 atom stereocenters. The Morgan fingerprint density at radius 3 is 2.11 bits per heavy atom. The van der Waals surface area contributed by atoms with Gasteiger partial charge in [-0.1, -0.05) is 12.1 Å². The quantitative estimate of drug-likeness (QED) is 0.422. The molecule has 0 heterocycles. The molecule has 202 valence electrons. The topological polar surface area (TPSA) is 137 Å². The standard InChI is InChI=1S/C27H37N3O7/c1-26(2,3)30(24(34)21(16-31)29-25(35)37-27(4,5)6)22(17-9-8-10-19(32)15-17)23(33)28-18-11-13-20(36-7)14-12-18/h8-15,21-22,31-32H,16H2,1-7H3,(H,28,33)(H,29,35). The Labute approximate surface area is 217 Å². The van der Waals surface area contributed by atoms with E-state index in [-0.39, 0.29) is 5.75 Å². The SMILES string of the molecule is COc1ccc(NC(=O)C(c2cccc(O)c2)N(C(=O)C(CO)NC(=O)OC(C)(C)C)C(C)(C)C)cc1. The maximum absolute atomic E-state index is 13.8. The van der Waals surface area contributed by atoms with Crippen LogP contribution in [0.3, 0.4) is 0 Å². The zero-order valence-corrected chi connectivity index (χ0v) is 22.4. The Morgan fingerprint density at radius 1 is 1.00 bits per heavy atom. The first kappa shape index (κ1) is 29.4. The lowest BCUT2D eigenvalue weighted by Crippen LogP contribution is -2.59. The molecule has 0 bridgehead atoms. The molecular formula is C27H37N3O7. The van der Waals surface area contributed by atoms with Crippen molar-refractivity contribution in [1.82, 2.24) is 10.2 Å². The van der Waals surface area contributed by atoms with Crippen molar-refractivity contribution in [2.45, 2.75) is 64.8 Å². The van der Waals surface area contributed by atoms with E-state index in [1.54, 1.807) is 77.9 Å². The van der Waals surface area contributed by atoms with E-state index in [0.29, 0.717) is 17.0 Å². The molecule has 10 heteroatoms. The Bertz CT molecular complexity index is 1090. The van der Waals surface area contributed by atoms with Crippen molar-refractivity contribution >= 4 is 23.6 Å². The van der Waals surface area contributed by atoms with E-state index in [1.165, 1.54) is 24.1 Å². The van der Waals surface area contributed by atoms with Crippen molar-refractivity contribution in [2.75, 3.05) is 19.0 Å². The van der Waals surface area contributed by atoms with Crippen LogP contribution >= 0.6 is 0 Å². The van der Waals surface area contributed by atoms with Crippen LogP contribution in [0.25, 0.3) is 0 Å². The molecule has 4 N–H and O–H groups in total. The molecule has 0 aliphatic heterocycles. The summed E-state index contributed by atoms with van der Waals surface area (Å²) in [5, 5.41) is 25.3. The summed E-state index contributed by atoms with van der Waals surface area (Å²) in [6, 6.07) is 10.1. The molecule has 10 nitrogen and oxygen atoms in total. The van der Waals surface area contributed by atoms with Crippen LogP contribution in [-0.4, -0.2) is 63.9 Å². The normalized spacial score (nSPS) is 13.2. The number of hydrogen-bond acceptors (Lipinski definition) is 7. The smallest absolute Gasteiger partial charge is 0.408 e. The highest BCUT2D eigenvalue weighted by Crippen LogP contribution is 2.32. The number of nitrogens with one attached hydrogen (secondary N) is 2. The van der Waals surface area contributed by atoms with Gasteiger partial charge in [0.25, 0.3) is 5.91 Å². The summed E-state index contributed by atoms with van der Waals surface area (Å²) in [4.78, 5) is 41.2. The molecule has 0 fully saturated rings. The molecule has 0 aliphatic carbocycles. The number of aliphatic hydroxyl groups excluding tert-OH is 1. The molecule has 2 aromatic rings. The van der Waals surface area contributed by atoms with Crippen LogP contribution in [-0.2, 0) is 14.3 Å². The van der Waals surface area contributed by atoms with Crippen LogP contribution in [0, 0.1) is 0 Å². The van der Waals surface area contributed by atoms with Gasteiger partial charge >= 0.3 is 6.09 Å². The van der Waals surface area contributed by atoms with Crippen molar-refractivity contribution < 1.29 is 34.1 Å². The summed E-state index contributed by atoms with van der Waals surface area (Å²) < 4.78 is 10.4. The Hall–Kier alpha value is -3.79. The molecule has 2 unspecified atom stereocenters. The van der Waals surface area contributed by atoms with Crippen molar-refractivity contribution in [1.29, 1.82) is 0 Å². The number of carbonyl (C=O) groups is 3. The largest absolute Gasteiger partial charge is 0.508 e. The van der Waals surface area contributed by atoms with Gasteiger partial charge in [0, 0.05) is 11.2 Å². The fraction of sp³-hybridized carbons (Fsp3) is 0.444. The van der Waals surface area contributed by atoms with Gasteiger partial charge in [-0.25, -0.2) is 4.79 Å². The number of phenolic OH excluding ortho intramolecular Hbond substituents is 1. The number of aromatic hydroxyl groups is 1. The number of benzene rings is 2. The summed E-state index contributed by atoms with van der Waals surface area (Å²) in [6.07, 6.45) is -0.884. The molecule has 0 radical (unpaired) electrons. The minimum absolute atomic E-state index is 0.0911. The van der Waals surface area contributed by atoms with Crippen molar-refractivity contribution in [3.05, 3.63) is 54.1 Å². The molecule has 0 spiro atoms. The van der Waals surface area contributed by atoms with Gasteiger partial charge in [0.05, 0.1) is 13.7 Å². The number of amides is 3. The number of ether oxygens (including phenoxy) is 2. The van der Waals surface area contributed by atoms with Gasteiger partial charge in [-0.15, -0.1) is 0 Å². The summed E-state index contributed by atoms with van der Waals surface area (Å²) in [6.45, 7) is 9.47. The van der Waals surface area contributed by atoms with Gasteiger partial charge in [-0.3, -0.25) is 9.59 Å². The number of alkyl carbamates (subject to hydrolysis) is 1. The molecule has 0 saturated carbocycles. The lowest BCUT2D eigenvalue weighted by atomic mass is 9.95. The average Bonchev–Trinajstić information content (AvgIpc) is 2.79. The molecule has 37 heavy (non-hydrogen) atoms. The van der Waals surface area contributed by atoms with Gasteiger partial charge < -0.3 is 35.2 Å². The second kappa shape index (κ2) is 12.0. The van der Waals surface area contributed by atoms with Gasteiger partial charge in [0.15, 0.2) is 0 Å². The van der Waals surface area contributed by atoms with E-state index >= 15 is 0 Å². The number of hydrogen-bond donors (Lipinski definition) is 4. The molecule has 0 aromatic heterocycles. The van der Waals surface area contributed by atoms with Crippen LogP contribution in [0.1, 0.15) is 53.1 Å². The molecule has 2 aromatic carbocycles. The van der Waals surface area contributed by atoms with E-state index < -0.39 is 47.7 Å². The zero-order valence-electron chi connectivity index (χ0n) is 22.4. The fourth-order valence-corrected chi connectivity index (χ4v) is 3.65. The molecule has 0 saturated heterocycles. The summed E-state index contributed by atoms with van der Waals surface area (Å²) in [5.41, 5.74) is -0.974.